The Morgan fingerprint density at radius 3 is 2.28 bits per heavy atom. The van der Waals surface area contributed by atoms with Gasteiger partial charge in [0.05, 0.1) is 11.1 Å². The van der Waals surface area contributed by atoms with Gasteiger partial charge in [0, 0.05) is 6.54 Å². The predicted molar refractivity (Wildman–Crippen MR) is 82.6 cm³/mol. The molecule has 1 atom stereocenters. The fourth-order valence-corrected chi connectivity index (χ4v) is 1.76. The summed E-state index contributed by atoms with van der Waals surface area (Å²) in [7, 11) is 0. The average molecular weight is 360 g/mol. The molecule has 0 saturated carbocycles. The van der Waals surface area contributed by atoms with Gasteiger partial charge in [-0.25, -0.2) is 4.79 Å². The first-order valence-electron chi connectivity index (χ1n) is 7.56. The number of benzene rings is 1. The monoisotopic (exact) mass is 360 g/mol. The summed E-state index contributed by atoms with van der Waals surface area (Å²) in [6, 6.07) is 2.62. The SMILES string of the molecule is CCCNC(=O)[C@@H](C)NC(=O)COC(=O)c1ccc(C(F)(F)F)cc1. The van der Waals surface area contributed by atoms with Crippen molar-refractivity contribution in [2.24, 2.45) is 0 Å². The smallest absolute Gasteiger partial charge is 0.416 e. The van der Waals surface area contributed by atoms with Crippen LogP contribution in [0, 0.1) is 0 Å². The molecule has 0 unspecified atom stereocenters. The second-order valence-corrected chi connectivity index (χ2v) is 5.23. The highest BCUT2D eigenvalue weighted by Crippen LogP contribution is 2.29. The fraction of sp³-hybridized carbons (Fsp3) is 0.438. The lowest BCUT2D eigenvalue weighted by atomic mass is 10.1. The van der Waals surface area contributed by atoms with Crippen molar-refractivity contribution in [3.05, 3.63) is 35.4 Å². The molecule has 1 rings (SSSR count). The van der Waals surface area contributed by atoms with Crippen LogP contribution in [-0.4, -0.2) is 37.0 Å². The molecule has 2 N–H and O–H groups in total. The minimum absolute atomic E-state index is 0.116. The van der Waals surface area contributed by atoms with Crippen LogP contribution >= 0.6 is 0 Å². The van der Waals surface area contributed by atoms with Crippen molar-refractivity contribution < 1.29 is 32.3 Å². The summed E-state index contributed by atoms with van der Waals surface area (Å²) in [5.74, 6) is -2.00. The van der Waals surface area contributed by atoms with Crippen molar-refractivity contribution in [2.45, 2.75) is 32.5 Å². The lowest BCUT2D eigenvalue weighted by Crippen LogP contribution is -2.46. The maximum absolute atomic E-state index is 12.4. The summed E-state index contributed by atoms with van der Waals surface area (Å²) >= 11 is 0. The van der Waals surface area contributed by atoms with Gasteiger partial charge in [-0.15, -0.1) is 0 Å². The van der Waals surface area contributed by atoms with E-state index in [0.29, 0.717) is 6.54 Å². The molecule has 0 aliphatic rings. The summed E-state index contributed by atoms with van der Waals surface area (Å²) in [5.41, 5.74) is -1.01. The lowest BCUT2D eigenvalue weighted by molar-refractivity contribution is -0.137. The summed E-state index contributed by atoms with van der Waals surface area (Å²) in [6.45, 7) is 3.18. The molecule has 1 aromatic carbocycles. The van der Waals surface area contributed by atoms with Crippen molar-refractivity contribution >= 4 is 17.8 Å². The number of nitrogens with one attached hydrogen (secondary N) is 2. The third kappa shape index (κ3) is 6.82. The van der Waals surface area contributed by atoms with Crippen LogP contribution in [0.1, 0.15) is 36.2 Å². The Hall–Kier alpha value is -2.58. The summed E-state index contributed by atoms with van der Waals surface area (Å²) in [6.07, 6.45) is -3.76. The third-order valence-electron chi connectivity index (χ3n) is 3.10. The Kier molecular flexibility index (Phi) is 7.41. The van der Waals surface area contributed by atoms with Crippen LogP contribution in [0.5, 0.6) is 0 Å². The third-order valence-corrected chi connectivity index (χ3v) is 3.10. The van der Waals surface area contributed by atoms with Crippen molar-refractivity contribution in [2.75, 3.05) is 13.2 Å². The standard InChI is InChI=1S/C16H19F3N2O4/c1-3-8-20-14(23)10(2)21-13(22)9-25-15(24)11-4-6-12(7-5-11)16(17,18)19/h4-7,10H,3,8-9H2,1-2H3,(H,20,23)(H,21,22)/t10-/m1/s1. The molecule has 0 heterocycles. The first-order chi connectivity index (χ1) is 11.6. The molecular weight excluding hydrogens is 341 g/mol. The zero-order valence-electron chi connectivity index (χ0n) is 13.8. The van der Waals surface area contributed by atoms with Gasteiger partial charge < -0.3 is 15.4 Å². The number of amides is 2. The van der Waals surface area contributed by atoms with E-state index in [9.17, 15) is 27.6 Å². The number of hydrogen-bond donors (Lipinski definition) is 2. The maximum atomic E-state index is 12.4. The minimum atomic E-state index is -4.50. The number of carbonyl (C=O) groups excluding carboxylic acids is 3. The molecule has 138 valence electrons. The van der Waals surface area contributed by atoms with E-state index in [2.05, 4.69) is 10.6 Å². The van der Waals surface area contributed by atoms with Crippen LogP contribution in [0.15, 0.2) is 24.3 Å². The fourth-order valence-electron chi connectivity index (χ4n) is 1.76. The normalized spacial score (nSPS) is 12.2. The van der Waals surface area contributed by atoms with E-state index in [1.54, 1.807) is 0 Å². The number of halogens is 3. The van der Waals surface area contributed by atoms with Crippen molar-refractivity contribution in [1.82, 2.24) is 10.6 Å². The highest BCUT2D eigenvalue weighted by atomic mass is 19.4. The molecule has 0 fully saturated rings. The van der Waals surface area contributed by atoms with Gasteiger partial charge in [0.25, 0.3) is 5.91 Å². The van der Waals surface area contributed by atoms with Gasteiger partial charge in [0.1, 0.15) is 6.04 Å². The van der Waals surface area contributed by atoms with E-state index in [-0.39, 0.29) is 11.5 Å². The van der Waals surface area contributed by atoms with Gasteiger partial charge in [-0.1, -0.05) is 6.92 Å². The van der Waals surface area contributed by atoms with E-state index in [1.165, 1.54) is 6.92 Å². The number of hydrogen-bond acceptors (Lipinski definition) is 4. The number of carbonyl (C=O) groups is 3. The van der Waals surface area contributed by atoms with E-state index in [4.69, 9.17) is 4.74 Å². The molecule has 0 aromatic heterocycles. The van der Waals surface area contributed by atoms with Gasteiger partial charge in [-0.3, -0.25) is 9.59 Å². The molecule has 0 aliphatic heterocycles. The average Bonchev–Trinajstić information content (AvgIpc) is 2.56. The largest absolute Gasteiger partial charge is 0.452 e. The lowest BCUT2D eigenvalue weighted by Gasteiger charge is -2.14. The van der Waals surface area contributed by atoms with Crippen LogP contribution < -0.4 is 10.6 Å². The second-order valence-electron chi connectivity index (χ2n) is 5.23. The quantitative estimate of drug-likeness (QED) is 0.728. The molecule has 1 aromatic rings. The highest BCUT2D eigenvalue weighted by Gasteiger charge is 2.30. The second kappa shape index (κ2) is 9.05. The Bertz CT molecular complexity index is 615. The van der Waals surface area contributed by atoms with E-state index in [1.807, 2.05) is 6.92 Å². The summed E-state index contributed by atoms with van der Waals surface area (Å²) in [5, 5.41) is 4.94. The highest BCUT2D eigenvalue weighted by molar-refractivity contribution is 5.92. The van der Waals surface area contributed by atoms with Gasteiger partial charge in [-0.2, -0.15) is 13.2 Å². The molecule has 0 spiro atoms. The molecular formula is C16H19F3N2O4. The molecule has 2 amide bonds. The molecule has 6 nitrogen and oxygen atoms in total. The van der Waals surface area contributed by atoms with Crippen LogP contribution in [0.25, 0.3) is 0 Å². The maximum Gasteiger partial charge on any atom is 0.416 e. The first kappa shape index (κ1) is 20.5. The minimum Gasteiger partial charge on any atom is -0.452 e. The Labute approximate surface area is 142 Å². The first-order valence-corrected chi connectivity index (χ1v) is 7.56. The molecule has 0 bridgehead atoms. The van der Waals surface area contributed by atoms with Crippen molar-refractivity contribution in [1.29, 1.82) is 0 Å². The topological polar surface area (TPSA) is 84.5 Å². The molecule has 0 radical (unpaired) electrons. The number of ether oxygens (including phenoxy) is 1. The van der Waals surface area contributed by atoms with E-state index < -0.39 is 36.3 Å². The predicted octanol–water partition coefficient (Wildman–Crippen LogP) is 1.89. The van der Waals surface area contributed by atoms with Crippen LogP contribution in [-0.2, 0) is 20.5 Å². The Morgan fingerprint density at radius 2 is 1.76 bits per heavy atom. The summed E-state index contributed by atoms with van der Waals surface area (Å²) < 4.78 is 42.0. The van der Waals surface area contributed by atoms with E-state index >= 15 is 0 Å². The zero-order valence-corrected chi connectivity index (χ0v) is 13.8. The zero-order chi connectivity index (χ0) is 19.0. The van der Waals surface area contributed by atoms with Gasteiger partial charge in [0.2, 0.25) is 5.91 Å². The van der Waals surface area contributed by atoms with Crippen LogP contribution in [0.3, 0.4) is 0 Å². The molecule has 25 heavy (non-hydrogen) atoms. The molecule has 0 aliphatic carbocycles. The Balaban J connectivity index is 2.48. The van der Waals surface area contributed by atoms with Gasteiger partial charge in [0.15, 0.2) is 6.61 Å². The van der Waals surface area contributed by atoms with Crippen LogP contribution in [0.2, 0.25) is 0 Å². The Morgan fingerprint density at radius 1 is 1.16 bits per heavy atom. The number of alkyl halides is 3. The van der Waals surface area contributed by atoms with Gasteiger partial charge >= 0.3 is 12.1 Å². The summed E-state index contributed by atoms with van der Waals surface area (Å²) in [4.78, 5) is 34.9. The van der Waals surface area contributed by atoms with Crippen molar-refractivity contribution in [3.63, 3.8) is 0 Å². The van der Waals surface area contributed by atoms with Crippen LogP contribution in [0.4, 0.5) is 13.2 Å². The number of esters is 1. The number of rotatable bonds is 7. The molecule has 9 heteroatoms. The van der Waals surface area contributed by atoms with Gasteiger partial charge in [-0.05, 0) is 37.6 Å². The molecule has 0 saturated heterocycles. The van der Waals surface area contributed by atoms with Crippen molar-refractivity contribution in [3.8, 4) is 0 Å². The van der Waals surface area contributed by atoms with E-state index in [0.717, 1.165) is 30.7 Å².